The van der Waals surface area contributed by atoms with Crippen LogP contribution in [0.4, 0.5) is 0 Å². The third-order valence-electron chi connectivity index (χ3n) is 1.84. The van der Waals surface area contributed by atoms with Gasteiger partial charge in [0.1, 0.15) is 0 Å². The zero-order chi connectivity index (χ0) is 11.8. The fraction of sp³-hybridized carbons (Fsp3) is 0.500. The van der Waals surface area contributed by atoms with Crippen LogP contribution in [0, 0.1) is 6.92 Å². The van der Waals surface area contributed by atoms with Gasteiger partial charge in [-0.05, 0) is 13.0 Å². The lowest BCUT2D eigenvalue weighted by Crippen LogP contribution is -1.89. The van der Waals surface area contributed by atoms with Gasteiger partial charge in [-0.3, -0.25) is 9.67 Å². The standard InChI is InChI=1S/C8H9N3.2C2H6/c1-6-7-3-4-9-5-8(7)11(2)10-6;2*1-2/h3-5H,1-2H3;2*1-2H3. The Balaban J connectivity index is 0.000000442. The van der Waals surface area contributed by atoms with E-state index in [0.29, 0.717) is 0 Å². The predicted molar refractivity (Wildman–Crippen MR) is 65.9 cm³/mol. The van der Waals surface area contributed by atoms with Gasteiger partial charge in [0, 0.05) is 18.6 Å². The monoisotopic (exact) mass is 207 g/mol. The molecule has 2 aromatic heterocycles. The molecular weight excluding hydrogens is 186 g/mol. The van der Waals surface area contributed by atoms with E-state index in [1.807, 2.05) is 58.6 Å². The van der Waals surface area contributed by atoms with E-state index in [1.165, 1.54) is 5.39 Å². The van der Waals surface area contributed by atoms with Crippen LogP contribution in [0.15, 0.2) is 18.5 Å². The Hall–Kier alpha value is -1.38. The second kappa shape index (κ2) is 6.98. The molecule has 0 radical (unpaired) electrons. The Morgan fingerprint density at radius 3 is 2.27 bits per heavy atom. The number of hydrogen-bond acceptors (Lipinski definition) is 2. The lowest BCUT2D eigenvalue weighted by molar-refractivity contribution is 0.782. The van der Waals surface area contributed by atoms with E-state index < -0.39 is 0 Å². The van der Waals surface area contributed by atoms with Crippen molar-refractivity contribution in [2.75, 3.05) is 0 Å². The van der Waals surface area contributed by atoms with Gasteiger partial charge in [0.25, 0.3) is 0 Å². The number of rotatable bonds is 0. The van der Waals surface area contributed by atoms with Crippen molar-refractivity contribution >= 4 is 10.9 Å². The molecule has 84 valence electrons. The number of nitrogens with zero attached hydrogens (tertiary/aromatic N) is 3. The smallest absolute Gasteiger partial charge is 0.0865 e. The second-order valence-electron chi connectivity index (χ2n) is 2.60. The highest BCUT2D eigenvalue weighted by Gasteiger charge is 2.01. The molecule has 0 atom stereocenters. The van der Waals surface area contributed by atoms with Gasteiger partial charge in [-0.15, -0.1) is 0 Å². The summed E-state index contributed by atoms with van der Waals surface area (Å²) in [6.07, 6.45) is 3.62. The first-order chi connectivity index (χ1) is 7.29. The van der Waals surface area contributed by atoms with Crippen molar-refractivity contribution in [3.8, 4) is 0 Å². The number of pyridine rings is 1. The molecule has 0 aliphatic carbocycles. The molecule has 0 aliphatic rings. The maximum atomic E-state index is 4.27. The van der Waals surface area contributed by atoms with Crippen molar-refractivity contribution in [1.82, 2.24) is 14.8 Å². The zero-order valence-corrected chi connectivity index (χ0v) is 10.6. The fourth-order valence-corrected chi connectivity index (χ4v) is 1.28. The van der Waals surface area contributed by atoms with Crippen LogP contribution >= 0.6 is 0 Å². The molecule has 0 saturated carbocycles. The summed E-state index contributed by atoms with van der Waals surface area (Å²) in [6, 6.07) is 1.98. The van der Waals surface area contributed by atoms with E-state index >= 15 is 0 Å². The minimum absolute atomic E-state index is 1.06. The Labute approximate surface area is 92.1 Å². The normalized spacial score (nSPS) is 8.67. The van der Waals surface area contributed by atoms with Crippen LogP contribution in [0.3, 0.4) is 0 Å². The van der Waals surface area contributed by atoms with Gasteiger partial charge in [0.2, 0.25) is 0 Å². The summed E-state index contributed by atoms with van der Waals surface area (Å²) in [5.74, 6) is 0. The molecule has 2 aromatic rings. The fourth-order valence-electron chi connectivity index (χ4n) is 1.28. The molecular formula is C12H21N3. The van der Waals surface area contributed by atoms with Crippen LogP contribution in [0.5, 0.6) is 0 Å². The summed E-state index contributed by atoms with van der Waals surface area (Å²) in [7, 11) is 1.93. The van der Waals surface area contributed by atoms with Gasteiger partial charge in [0.15, 0.2) is 0 Å². The Kier molecular flexibility index (Phi) is 6.34. The van der Waals surface area contributed by atoms with Crippen molar-refractivity contribution < 1.29 is 0 Å². The topological polar surface area (TPSA) is 30.7 Å². The summed E-state index contributed by atoms with van der Waals surface area (Å²) in [5.41, 5.74) is 2.15. The van der Waals surface area contributed by atoms with Crippen molar-refractivity contribution in [2.24, 2.45) is 7.05 Å². The van der Waals surface area contributed by atoms with Crippen molar-refractivity contribution in [3.63, 3.8) is 0 Å². The molecule has 0 saturated heterocycles. The summed E-state index contributed by atoms with van der Waals surface area (Å²) in [4.78, 5) is 4.03. The van der Waals surface area contributed by atoms with E-state index in [0.717, 1.165) is 11.2 Å². The van der Waals surface area contributed by atoms with Gasteiger partial charge >= 0.3 is 0 Å². The molecule has 0 aromatic carbocycles. The van der Waals surface area contributed by atoms with E-state index in [1.54, 1.807) is 6.20 Å². The number of hydrogen-bond donors (Lipinski definition) is 0. The highest BCUT2D eigenvalue weighted by atomic mass is 15.3. The Bertz CT molecular complexity index is 355. The summed E-state index contributed by atoms with van der Waals surface area (Å²) in [6.45, 7) is 10.0. The van der Waals surface area contributed by atoms with Crippen LogP contribution in [0.1, 0.15) is 33.4 Å². The van der Waals surface area contributed by atoms with Crippen LogP contribution in [-0.4, -0.2) is 14.8 Å². The van der Waals surface area contributed by atoms with Gasteiger partial charge in [-0.2, -0.15) is 5.10 Å². The minimum atomic E-state index is 1.06. The molecule has 3 nitrogen and oxygen atoms in total. The van der Waals surface area contributed by atoms with Crippen LogP contribution in [-0.2, 0) is 7.05 Å². The van der Waals surface area contributed by atoms with Crippen molar-refractivity contribution in [2.45, 2.75) is 34.6 Å². The van der Waals surface area contributed by atoms with Crippen LogP contribution < -0.4 is 0 Å². The molecule has 0 amide bonds. The minimum Gasteiger partial charge on any atom is -0.266 e. The van der Waals surface area contributed by atoms with Gasteiger partial charge < -0.3 is 0 Å². The highest BCUT2D eigenvalue weighted by Crippen LogP contribution is 2.14. The van der Waals surface area contributed by atoms with Gasteiger partial charge in [-0.1, -0.05) is 27.7 Å². The van der Waals surface area contributed by atoms with Crippen molar-refractivity contribution in [3.05, 3.63) is 24.2 Å². The van der Waals surface area contributed by atoms with Gasteiger partial charge in [-0.25, -0.2) is 0 Å². The zero-order valence-electron chi connectivity index (χ0n) is 10.6. The maximum Gasteiger partial charge on any atom is 0.0865 e. The quantitative estimate of drug-likeness (QED) is 0.663. The second-order valence-corrected chi connectivity index (χ2v) is 2.60. The molecule has 0 spiro atoms. The lowest BCUT2D eigenvalue weighted by Gasteiger charge is -1.89. The van der Waals surface area contributed by atoms with Crippen LogP contribution in [0.2, 0.25) is 0 Å². The molecule has 2 heterocycles. The first kappa shape index (κ1) is 13.6. The molecule has 0 N–H and O–H groups in total. The largest absolute Gasteiger partial charge is 0.266 e. The Morgan fingerprint density at radius 2 is 1.73 bits per heavy atom. The molecule has 0 aliphatic heterocycles. The van der Waals surface area contributed by atoms with Gasteiger partial charge in [0.05, 0.1) is 17.4 Å². The van der Waals surface area contributed by atoms with Crippen molar-refractivity contribution in [1.29, 1.82) is 0 Å². The molecule has 2 rings (SSSR count). The third kappa shape index (κ3) is 3.05. The maximum absolute atomic E-state index is 4.27. The molecule has 0 fully saturated rings. The molecule has 3 heteroatoms. The summed E-state index contributed by atoms with van der Waals surface area (Å²) < 4.78 is 1.84. The number of aromatic nitrogens is 3. The summed E-state index contributed by atoms with van der Waals surface area (Å²) >= 11 is 0. The van der Waals surface area contributed by atoms with E-state index in [4.69, 9.17) is 0 Å². The molecule has 15 heavy (non-hydrogen) atoms. The SMILES string of the molecule is CC.CC.Cc1nn(C)c2cnccc12. The summed E-state index contributed by atoms with van der Waals surface area (Å²) in [5, 5.41) is 5.45. The Morgan fingerprint density at radius 1 is 1.13 bits per heavy atom. The molecule has 0 bridgehead atoms. The van der Waals surface area contributed by atoms with Crippen LogP contribution in [0.25, 0.3) is 10.9 Å². The number of aryl methyl sites for hydroxylation is 2. The predicted octanol–water partition coefficient (Wildman–Crippen LogP) is 3.33. The third-order valence-corrected chi connectivity index (χ3v) is 1.84. The highest BCUT2D eigenvalue weighted by molar-refractivity contribution is 5.80. The van der Waals surface area contributed by atoms with E-state index in [-0.39, 0.29) is 0 Å². The average Bonchev–Trinajstić information content (AvgIpc) is 2.61. The first-order valence-electron chi connectivity index (χ1n) is 5.52. The molecule has 0 unspecified atom stereocenters. The van der Waals surface area contributed by atoms with E-state index in [2.05, 4.69) is 10.1 Å². The first-order valence-corrected chi connectivity index (χ1v) is 5.52. The lowest BCUT2D eigenvalue weighted by atomic mass is 10.3. The number of fused-ring (bicyclic) bond motifs is 1. The average molecular weight is 207 g/mol. The van der Waals surface area contributed by atoms with E-state index in [9.17, 15) is 0 Å².